The lowest BCUT2D eigenvalue weighted by Gasteiger charge is -2.04. The monoisotopic (exact) mass is 228 g/mol. The fourth-order valence-electron chi connectivity index (χ4n) is 1.63. The minimum absolute atomic E-state index is 0.170. The lowest BCUT2D eigenvalue weighted by atomic mass is 10.1. The summed E-state index contributed by atoms with van der Waals surface area (Å²) >= 11 is 0. The molecule has 0 aliphatic carbocycles. The highest BCUT2D eigenvalue weighted by Gasteiger charge is 2.03. The highest BCUT2D eigenvalue weighted by atomic mass is 16.5. The number of fused-ring (bicyclic) bond motifs is 1. The molecule has 0 saturated heterocycles. The van der Waals surface area contributed by atoms with Crippen molar-refractivity contribution in [3.63, 3.8) is 0 Å². The smallest absolute Gasteiger partial charge is 0.330 e. The van der Waals surface area contributed by atoms with E-state index in [1.54, 1.807) is 6.07 Å². The quantitative estimate of drug-likeness (QED) is 0.635. The molecule has 0 radical (unpaired) electrons. The van der Waals surface area contributed by atoms with Crippen LogP contribution in [0.3, 0.4) is 0 Å². The van der Waals surface area contributed by atoms with E-state index >= 15 is 0 Å². The number of hydrogen-bond acceptors (Lipinski definition) is 3. The maximum atomic E-state index is 11.0. The second-order valence-electron chi connectivity index (χ2n) is 3.58. The van der Waals surface area contributed by atoms with E-state index in [0.29, 0.717) is 5.56 Å². The molecule has 2 aromatic carbocycles. The Morgan fingerprint density at radius 3 is 2.76 bits per heavy atom. The van der Waals surface area contributed by atoms with Crippen molar-refractivity contribution >= 4 is 22.8 Å². The van der Waals surface area contributed by atoms with Gasteiger partial charge in [-0.1, -0.05) is 36.4 Å². The molecule has 3 heteroatoms. The van der Waals surface area contributed by atoms with Gasteiger partial charge in [0.25, 0.3) is 0 Å². The average molecular weight is 228 g/mol. The van der Waals surface area contributed by atoms with E-state index in [1.165, 1.54) is 19.3 Å². The highest BCUT2D eigenvalue weighted by Crippen LogP contribution is 2.29. The molecule has 3 nitrogen and oxygen atoms in total. The van der Waals surface area contributed by atoms with Gasteiger partial charge in [-0.05, 0) is 11.5 Å². The minimum Gasteiger partial charge on any atom is -0.507 e. The molecule has 2 rings (SSSR count). The van der Waals surface area contributed by atoms with Crippen LogP contribution in [0.5, 0.6) is 5.75 Å². The van der Waals surface area contributed by atoms with E-state index in [9.17, 15) is 9.90 Å². The molecule has 1 N–H and O–H groups in total. The van der Waals surface area contributed by atoms with Crippen molar-refractivity contribution in [3.8, 4) is 5.75 Å². The molecule has 0 aliphatic heterocycles. The van der Waals surface area contributed by atoms with Crippen molar-refractivity contribution in [3.05, 3.63) is 48.0 Å². The van der Waals surface area contributed by atoms with Gasteiger partial charge in [-0.2, -0.15) is 0 Å². The third-order valence-corrected chi connectivity index (χ3v) is 2.53. The number of phenols is 1. The summed E-state index contributed by atoms with van der Waals surface area (Å²) in [6.45, 7) is 0. The predicted octanol–water partition coefficient (Wildman–Crippen LogP) is 2.73. The highest BCUT2D eigenvalue weighted by molar-refractivity contribution is 5.93. The van der Waals surface area contributed by atoms with Gasteiger partial charge in [-0.25, -0.2) is 4.79 Å². The molecule has 2 aromatic rings. The van der Waals surface area contributed by atoms with E-state index in [2.05, 4.69) is 4.74 Å². The zero-order chi connectivity index (χ0) is 12.3. The average Bonchev–Trinajstić information content (AvgIpc) is 2.38. The van der Waals surface area contributed by atoms with E-state index in [-0.39, 0.29) is 5.75 Å². The molecule has 0 amide bonds. The molecule has 0 aromatic heterocycles. The van der Waals surface area contributed by atoms with Gasteiger partial charge in [0.2, 0.25) is 0 Å². The maximum Gasteiger partial charge on any atom is 0.330 e. The fraction of sp³-hybridized carbons (Fsp3) is 0.0714. The van der Waals surface area contributed by atoms with E-state index in [0.717, 1.165) is 10.8 Å². The topological polar surface area (TPSA) is 46.5 Å². The van der Waals surface area contributed by atoms with E-state index < -0.39 is 5.97 Å². The molecular weight excluding hydrogens is 216 g/mol. The Labute approximate surface area is 99.0 Å². The van der Waals surface area contributed by atoms with Gasteiger partial charge in [-0.15, -0.1) is 0 Å². The number of benzene rings is 2. The van der Waals surface area contributed by atoms with Gasteiger partial charge in [0.15, 0.2) is 0 Å². The lowest BCUT2D eigenvalue weighted by Crippen LogP contribution is -1.93. The number of methoxy groups -OCH3 is 1. The first-order valence-electron chi connectivity index (χ1n) is 5.19. The molecule has 0 bridgehead atoms. The third kappa shape index (κ3) is 2.28. The van der Waals surface area contributed by atoms with Crippen LogP contribution < -0.4 is 0 Å². The van der Waals surface area contributed by atoms with Gasteiger partial charge >= 0.3 is 5.97 Å². The summed E-state index contributed by atoms with van der Waals surface area (Å²) in [5.74, 6) is -0.277. The zero-order valence-electron chi connectivity index (χ0n) is 9.38. The second-order valence-corrected chi connectivity index (χ2v) is 3.58. The standard InChI is InChI=1S/C14H12O3/c1-17-13(15)9-8-11-7-6-10-4-2-3-5-12(10)14(11)16/h2-9,16H,1H3. The van der Waals surface area contributed by atoms with Crippen LogP contribution in [0.25, 0.3) is 16.8 Å². The first kappa shape index (κ1) is 11.2. The first-order valence-corrected chi connectivity index (χ1v) is 5.19. The molecule has 0 heterocycles. The Balaban J connectivity index is 2.46. The Kier molecular flexibility index (Phi) is 3.10. The normalized spacial score (nSPS) is 10.9. The Morgan fingerprint density at radius 2 is 2.00 bits per heavy atom. The molecule has 0 saturated carbocycles. The zero-order valence-corrected chi connectivity index (χ0v) is 9.38. The van der Waals surface area contributed by atoms with E-state index in [4.69, 9.17) is 0 Å². The Bertz CT molecular complexity index is 585. The summed E-state index contributed by atoms with van der Waals surface area (Å²) in [6.07, 6.45) is 2.82. The molecule has 0 atom stereocenters. The summed E-state index contributed by atoms with van der Waals surface area (Å²) in [4.78, 5) is 11.0. The van der Waals surface area contributed by atoms with Gasteiger partial charge in [0, 0.05) is 17.0 Å². The van der Waals surface area contributed by atoms with Crippen LogP contribution in [0.4, 0.5) is 0 Å². The molecule has 17 heavy (non-hydrogen) atoms. The predicted molar refractivity (Wildman–Crippen MR) is 66.7 cm³/mol. The van der Waals surface area contributed by atoms with E-state index in [1.807, 2.05) is 30.3 Å². The van der Waals surface area contributed by atoms with Crippen LogP contribution in [-0.2, 0) is 9.53 Å². The number of rotatable bonds is 2. The number of aromatic hydroxyl groups is 1. The van der Waals surface area contributed by atoms with Crippen LogP contribution in [-0.4, -0.2) is 18.2 Å². The van der Waals surface area contributed by atoms with Gasteiger partial charge in [0.05, 0.1) is 7.11 Å². The summed E-state index contributed by atoms with van der Waals surface area (Å²) in [5.41, 5.74) is 0.592. The molecule has 0 aliphatic rings. The van der Waals surface area contributed by atoms with Crippen molar-refractivity contribution in [1.82, 2.24) is 0 Å². The number of carbonyl (C=O) groups is 1. The van der Waals surface area contributed by atoms with Crippen LogP contribution >= 0.6 is 0 Å². The Hall–Kier alpha value is -2.29. The number of hydrogen-bond donors (Lipinski definition) is 1. The second kappa shape index (κ2) is 4.70. The summed E-state index contributed by atoms with van der Waals surface area (Å²) in [5, 5.41) is 11.8. The molecule has 0 spiro atoms. The third-order valence-electron chi connectivity index (χ3n) is 2.53. The van der Waals surface area contributed by atoms with Crippen molar-refractivity contribution in [2.75, 3.05) is 7.11 Å². The maximum absolute atomic E-state index is 11.0. The van der Waals surface area contributed by atoms with Crippen LogP contribution in [0, 0.1) is 0 Å². The molecule has 0 unspecified atom stereocenters. The lowest BCUT2D eigenvalue weighted by molar-refractivity contribution is -0.134. The molecule has 0 fully saturated rings. The number of ether oxygens (including phenoxy) is 1. The summed E-state index contributed by atoms with van der Waals surface area (Å²) in [6, 6.07) is 11.2. The van der Waals surface area contributed by atoms with Crippen molar-refractivity contribution in [2.24, 2.45) is 0 Å². The van der Waals surface area contributed by atoms with Crippen molar-refractivity contribution < 1.29 is 14.6 Å². The van der Waals surface area contributed by atoms with Crippen molar-refractivity contribution in [1.29, 1.82) is 0 Å². The van der Waals surface area contributed by atoms with Crippen LogP contribution in [0.2, 0.25) is 0 Å². The summed E-state index contributed by atoms with van der Waals surface area (Å²) < 4.78 is 4.49. The van der Waals surface area contributed by atoms with Crippen LogP contribution in [0.1, 0.15) is 5.56 Å². The largest absolute Gasteiger partial charge is 0.507 e. The van der Waals surface area contributed by atoms with Gasteiger partial charge in [0.1, 0.15) is 5.75 Å². The SMILES string of the molecule is COC(=O)C=Cc1ccc2ccccc2c1O. The van der Waals surface area contributed by atoms with Crippen LogP contribution in [0.15, 0.2) is 42.5 Å². The molecular formula is C14H12O3. The first-order chi connectivity index (χ1) is 8.22. The van der Waals surface area contributed by atoms with Gasteiger partial charge < -0.3 is 9.84 Å². The summed E-state index contributed by atoms with van der Waals surface area (Å²) in [7, 11) is 1.31. The number of phenolic OH excluding ortho intramolecular Hbond substituents is 1. The fourth-order valence-corrected chi connectivity index (χ4v) is 1.63. The van der Waals surface area contributed by atoms with Crippen molar-refractivity contribution in [2.45, 2.75) is 0 Å². The van der Waals surface area contributed by atoms with Gasteiger partial charge in [-0.3, -0.25) is 0 Å². The number of esters is 1. The molecule has 86 valence electrons. The minimum atomic E-state index is -0.447. The number of carbonyl (C=O) groups excluding carboxylic acids is 1. The Morgan fingerprint density at radius 1 is 1.24 bits per heavy atom.